The average Bonchev–Trinajstić information content (AvgIpc) is 3.16. The molecule has 0 spiro atoms. The highest BCUT2D eigenvalue weighted by Gasteiger charge is 2.54. The van der Waals surface area contributed by atoms with Crippen LogP contribution in [0.2, 0.25) is 0 Å². The van der Waals surface area contributed by atoms with Crippen molar-refractivity contribution < 1.29 is 0 Å². The Bertz CT molecular complexity index is 1390. The van der Waals surface area contributed by atoms with Crippen molar-refractivity contribution in [1.29, 1.82) is 0 Å². The minimum atomic E-state index is 0.356. The van der Waals surface area contributed by atoms with Crippen molar-refractivity contribution in [2.45, 2.75) is 29.4 Å². The molecule has 8 heteroatoms. The Labute approximate surface area is 189 Å². The molecule has 7 nitrogen and oxygen atoms in total. The molecule has 1 aromatic carbocycles. The fraction of sp³-hybridized carbons (Fsp3) is 0.292. The van der Waals surface area contributed by atoms with Crippen LogP contribution < -0.4 is 10.6 Å². The number of aryl methyl sites for hydroxylation is 1. The first-order valence-electron chi connectivity index (χ1n) is 10.9. The predicted octanol–water partition coefficient (Wildman–Crippen LogP) is 3.24. The Morgan fingerprint density at radius 3 is 2.78 bits per heavy atom. The van der Waals surface area contributed by atoms with E-state index in [1.54, 1.807) is 12.4 Å². The maximum atomic E-state index is 6.22. The highest BCUT2D eigenvalue weighted by atomic mass is 32.2. The molecular weight excluding hydrogens is 418 g/mol. The molecule has 1 aliphatic heterocycles. The lowest BCUT2D eigenvalue weighted by molar-refractivity contribution is 0.727. The summed E-state index contributed by atoms with van der Waals surface area (Å²) in [6, 6.07) is 8.88. The van der Waals surface area contributed by atoms with Crippen molar-refractivity contribution in [1.82, 2.24) is 24.9 Å². The van der Waals surface area contributed by atoms with Gasteiger partial charge < -0.3 is 10.6 Å². The van der Waals surface area contributed by atoms with E-state index in [9.17, 15) is 0 Å². The van der Waals surface area contributed by atoms with Crippen molar-refractivity contribution in [3.8, 4) is 11.1 Å². The fourth-order valence-electron chi connectivity index (χ4n) is 5.23. The van der Waals surface area contributed by atoms with Crippen LogP contribution in [0.3, 0.4) is 0 Å². The molecular formula is C24H21N7S. The third-order valence-corrected chi connectivity index (χ3v) is 7.86. The Morgan fingerprint density at radius 2 is 1.91 bits per heavy atom. The first-order chi connectivity index (χ1) is 15.7. The molecule has 3 aromatic heterocycles. The molecule has 1 saturated heterocycles. The Morgan fingerprint density at radius 1 is 1.06 bits per heavy atom. The van der Waals surface area contributed by atoms with Crippen LogP contribution in [-0.2, 0) is 6.42 Å². The molecule has 32 heavy (non-hydrogen) atoms. The van der Waals surface area contributed by atoms with Crippen molar-refractivity contribution in [2.75, 3.05) is 18.0 Å². The third-order valence-electron chi connectivity index (χ3n) is 7.04. The van der Waals surface area contributed by atoms with Gasteiger partial charge in [0.25, 0.3) is 0 Å². The number of anilines is 1. The normalized spacial score (nSPS) is 22.7. The molecule has 2 atom stereocenters. The van der Waals surface area contributed by atoms with Crippen LogP contribution in [0.4, 0.5) is 5.82 Å². The van der Waals surface area contributed by atoms with Crippen LogP contribution in [0.1, 0.15) is 16.8 Å². The maximum absolute atomic E-state index is 6.22. The molecule has 158 valence electrons. The van der Waals surface area contributed by atoms with Crippen LogP contribution in [-0.4, -0.2) is 44.1 Å². The van der Waals surface area contributed by atoms with E-state index >= 15 is 0 Å². The van der Waals surface area contributed by atoms with E-state index in [0.29, 0.717) is 23.5 Å². The minimum Gasteiger partial charge on any atom is -0.355 e. The van der Waals surface area contributed by atoms with Crippen LogP contribution in [0.15, 0.2) is 52.9 Å². The van der Waals surface area contributed by atoms with Crippen molar-refractivity contribution in [3.63, 3.8) is 0 Å². The highest BCUT2D eigenvalue weighted by Crippen LogP contribution is 2.49. The SMILES string of the molecule is Cc1cccc2c1Cc1nc(Sc3cnc4nccnc4c3)nc(N3CC4C(N)C4C3)c1-2. The first-order valence-corrected chi connectivity index (χ1v) is 11.7. The van der Waals surface area contributed by atoms with Crippen LogP contribution in [0.5, 0.6) is 0 Å². The number of nitrogens with two attached hydrogens (primary N) is 1. The molecule has 3 aliphatic rings. The molecule has 2 fully saturated rings. The summed E-state index contributed by atoms with van der Waals surface area (Å²) in [6.07, 6.45) is 6.01. The molecule has 2 unspecified atom stereocenters. The topological polar surface area (TPSA) is 93.7 Å². The first kappa shape index (κ1) is 18.5. The van der Waals surface area contributed by atoms with Crippen molar-refractivity contribution in [2.24, 2.45) is 17.6 Å². The lowest BCUT2D eigenvalue weighted by Crippen LogP contribution is -2.29. The summed E-state index contributed by atoms with van der Waals surface area (Å²) in [5.41, 5.74) is 13.9. The van der Waals surface area contributed by atoms with Crippen molar-refractivity contribution >= 4 is 28.7 Å². The summed E-state index contributed by atoms with van der Waals surface area (Å²) in [5, 5.41) is 0.749. The molecule has 0 radical (unpaired) electrons. The number of aromatic nitrogens is 5. The second kappa shape index (κ2) is 6.70. The van der Waals surface area contributed by atoms with Gasteiger partial charge in [-0.15, -0.1) is 0 Å². The minimum absolute atomic E-state index is 0.356. The van der Waals surface area contributed by atoms with Crippen LogP contribution in [0, 0.1) is 18.8 Å². The lowest BCUT2D eigenvalue weighted by atomic mass is 10.0. The number of hydrogen-bond acceptors (Lipinski definition) is 8. The molecule has 1 saturated carbocycles. The van der Waals surface area contributed by atoms with Gasteiger partial charge in [-0.1, -0.05) is 18.2 Å². The second-order valence-electron chi connectivity index (χ2n) is 8.91. The standard InChI is InChI=1S/C24H21N7S/c1-12-3-2-4-14-15(12)8-18-20(14)23(31-10-16-17(11-31)21(16)25)30-24(29-18)32-13-7-19-22(28-9-13)27-6-5-26-19/h2-7,9,16-17,21H,8,10-11,25H2,1H3. The summed E-state index contributed by atoms with van der Waals surface area (Å²) in [7, 11) is 0. The highest BCUT2D eigenvalue weighted by molar-refractivity contribution is 7.99. The van der Waals surface area contributed by atoms with Gasteiger partial charge in [0.1, 0.15) is 11.3 Å². The van der Waals surface area contributed by atoms with Crippen LogP contribution >= 0.6 is 11.8 Å². The molecule has 4 aromatic rings. The predicted molar refractivity (Wildman–Crippen MR) is 124 cm³/mol. The summed E-state index contributed by atoms with van der Waals surface area (Å²) < 4.78 is 0. The summed E-state index contributed by atoms with van der Waals surface area (Å²) in [4.78, 5) is 26.5. The van der Waals surface area contributed by atoms with Gasteiger partial charge in [0.05, 0.1) is 5.69 Å². The zero-order chi connectivity index (χ0) is 21.4. The van der Waals surface area contributed by atoms with Gasteiger partial charge >= 0.3 is 0 Å². The van der Waals surface area contributed by atoms with Gasteiger partial charge in [-0.2, -0.15) is 0 Å². The van der Waals surface area contributed by atoms with E-state index in [-0.39, 0.29) is 0 Å². The van der Waals surface area contributed by atoms with E-state index in [1.165, 1.54) is 34.0 Å². The Balaban J connectivity index is 1.32. The Kier molecular flexibility index (Phi) is 3.87. The van der Waals surface area contributed by atoms with Gasteiger partial charge in [-0.3, -0.25) is 4.98 Å². The van der Waals surface area contributed by atoms with Gasteiger partial charge in [0.2, 0.25) is 0 Å². The second-order valence-corrected chi connectivity index (χ2v) is 9.95. The molecule has 0 bridgehead atoms. The van der Waals surface area contributed by atoms with Gasteiger partial charge in [-0.25, -0.2) is 19.9 Å². The largest absolute Gasteiger partial charge is 0.355 e. The molecule has 0 amide bonds. The smallest absolute Gasteiger partial charge is 0.194 e. The monoisotopic (exact) mass is 439 g/mol. The quantitative estimate of drug-likeness (QED) is 0.428. The van der Waals surface area contributed by atoms with Gasteiger partial charge in [0, 0.05) is 54.6 Å². The number of benzene rings is 1. The molecule has 2 aliphatic carbocycles. The number of piperidine rings is 1. The van der Waals surface area contributed by atoms with E-state index in [0.717, 1.165) is 46.6 Å². The van der Waals surface area contributed by atoms with E-state index in [4.69, 9.17) is 15.7 Å². The number of rotatable bonds is 3. The van der Waals surface area contributed by atoms with E-state index in [2.05, 4.69) is 45.0 Å². The van der Waals surface area contributed by atoms with E-state index in [1.807, 2.05) is 12.3 Å². The Hall–Kier alpha value is -3.10. The summed E-state index contributed by atoms with van der Waals surface area (Å²) in [5.74, 6) is 2.24. The zero-order valence-corrected chi connectivity index (χ0v) is 18.4. The van der Waals surface area contributed by atoms with Crippen LogP contribution in [0.25, 0.3) is 22.3 Å². The molecule has 7 rings (SSSR count). The van der Waals surface area contributed by atoms with Crippen molar-refractivity contribution in [3.05, 3.63) is 59.7 Å². The summed E-state index contributed by atoms with van der Waals surface area (Å²) >= 11 is 1.53. The molecule has 4 heterocycles. The number of nitrogens with zero attached hydrogens (tertiary/aromatic N) is 6. The summed E-state index contributed by atoms with van der Waals surface area (Å²) in [6.45, 7) is 4.14. The average molecular weight is 440 g/mol. The maximum Gasteiger partial charge on any atom is 0.194 e. The molecule has 2 N–H and O–H groups in total. The zero-order valence-electron chi connectivity index (χ0n) is 17.6. The van der Waals surface area contributed by atoms with Gasteiger partial charge in [-0.05, 0) is 53.3 Å². The number of pyridine rings is 1. The number of fused-ring (bicyclic) bond motifs is 5. The third kappa shape index (κ3) is 2.76. The number of hydrogen-bond donors (Lipinski definition) is 1. The van der Waals surface area contributed by atoms with E-state index < -0.39 is 0 Å². The van der Waals surface area contributed by atoms with Gasteiger partial charge in [0.15, 0.2) is 10.8 Å². The fourth-order valence-corrected chi connectivity index (χ4v) is 6.01. The lowest BCUT2D eigenvalue weighted by Gasteiger charge is -2.23.